The van der Waals surface area contributed by atoms with E-state index in [4.69, 9.17) is 5.73 Å². The van der Waals surface area contributed by atoms with Crippen LogP contribution in [0.15, 0.2) is 11.4 Å². The van der Waals surface area contributed by atoms with Gasteiger partial charge in [-0.25, -0.2) is 0 Å². The van der Waals surface area contributed by atoms with Crippen LogP contribution in [0.1, 0.15) is 29.7 Å². The van der Waals surface area contributed by atoms with Crippen molar-refractivity contribution in [3.63, 3.8) is 0 Å². The first-order valence-corrected chi connectivity index (χ1v) is 6.61. The van der Waals surface area contributed by atoms with E-state index in [-0.39, 0.29) is 17.9 Å². The summed E-state index contributed by atoms with van der Waals surface area (Å²) in [5, 5.41) is 5.06. The number of rotatable bonds is 3. The molecule has 0 aromatic carbocycles. The fourth-order valence-electron chi connectivity index (χ4n) is 2.15. The molecule has 2 atom stereocenters. The minimum Gasteiger partial charge on any atom is -0.351 e. The van der Waals surface area contributed by atoms with Crippen LogP contribution in [0, 0.1) is 12.8 Å². The number of hydrogen-bond acceptors (Lipinski definition) is 3. The summed E-state index contributed by atoms with van der Waals surface area (Å²) in [5.74, 6) is 0.302. The van der Waals surface area contributed by atoms with E-state index in [1.165, 1.54) is 10.4 Å². The van der Waals surface area contributed by atoms with Crippen molar-refractivity contribution >= 4 is 17.2 Å². The molecule has 0 aliphatic heterocycles. The van der Waals surface area contributed by atoms with E-state index in [2.05, 4.69) is 23.7 Å². The smallest absolute Gasteiger partial charge is 0.223 e. The number of thiophene rings is 1. The van der Waals surface area contributed by atoms with E-state index < -0.39 is 0 Å². The molecule has 3 N–H and O–H groups in total. The van der Waals surface area contributed by atoms with Crippen LogP contribution in [0.5, 0.6) is 0 Å². The Labute approximate surface area is 100 Å². The van der Waals surface area contributed by atoms with E-state index >= 15 is 0 Å². The van der Waals surface area contributed by atoms with Crippen LogP contribution in [-0.4, -0.2) is 11.9 Å². The Bertz CT molecular complexity index is 375. The summed E-state index contributed by atoms with van der Waals surface area (Å²) in [5.41, 5.74) is 7.06. The van der Waals surface area contributed by atoms with Crippen LogP contribution in [0.2, 0.25) is 0 Å². The highest BCUT2D eigenvalue weighted by atomic mass is 32.1. The van der Waals surface area contributed by atoms with Gasteiger partial charge in [0.1, 0.15) is 0 Å². The number of aryl methyl sites for hydroxylation is 1. The van der Waals surface area contributed by atoms with Gasteiger partial charge < -0.3 is 11.1 Å². The van der Waals surface area contributed by atoms with Crippen LogP contribution in [-0.2, 0) is 11.3 Å². The second kappa shape index (κ2) is 4.97. The molecule has 1 fully saturated rings. The van der Waals surface area contributed by atoms with Crippen molar-refractivity contribution in [1.82, 2.24) is 5.32 Å². The first-order chi connectivity index (χ1) is 7.66. The lowest BCUT2D eigenvalue weighted by molar-refractivity contribution is -0.124. The second-order valence-corrected chi connectivity index (χ2v) is 5.52. The lowest BCUT2D eigenvalue weighted by Crippen LogP contribution is -2.29. The van der Waals surface area contributed by atoms with E-state index in [0.29, 0.717) is 6.54 Å². The van der Waals surface area contributed by atoms with Crippen molar-refractivity contribution < 1.29 is 4.79 Å². The molecule has 1 amide bonds. The summed E-state index contributed by atoms with van der Waals surface area (Å²) in [7, 11) is 0. The highest BCUT2D eigenvalue weighted by Gasteiger charge is 2.27. The van der Waals surface area contributed by atoms with Gasteiger partial charge in [-0.05, 0) is 43.2 Å². The molecule has 1 aromatic heterocycles. The third kappa shape index (κ3) is 2.62. The average Bonchev–Trinajstić information content (AvgIpc) is 2.84. The largest absolute Gasteiger partial charge is 0.351 e. The fraction of sp³-hybridized carbons (Fsp3) is 0.583. The molecule has 1 heterocycles. The zero-order chi connectivity index (χ0) is 11.5. The molecule has 1 saturated carbocycles. The Kier molecular flexibility index (Phi) is 3.61. The molecule has 2 unspecified atom stereocenters. The Morgan fingerprint density at radius 2 is 2.44 bits per heavy atom. The fourth-order valence-corrected chi connectivity index (χ4v) is 3.00. The van der Waals surface area contributed by atoms with Crippen LogP contribution in [0.25, 0.3) is 0 Å². The van der Waals surface area contributed by atoms with Crippen molar-refractivity contribution in [3.05, 3.63) is 21.9 Å². The Morgan fingerprint density at radius 3 is 3.00 bits per heavy atom. The molecule has 0 radical (unpaired) electrons. The second-order valence-electron chi connectivity index (χ2n) is 4.51. The third-order valence-electron chi connectivity index (χ3n) is 3.24. The lowest BCUT2D eigenvalue weighted by atomic mass is 10.1. The number of amides is 1. The van der Waals surface area contributed by atoms with Crippen LogP contribution in [0.3, 0.4) is 0 Å². The first-order valence-electron chi connectivity index (χ1n) is 5.73. The Morgan fingerprint density at radius 1 is 1.62 bits per heavy atom. The zero-order valence-electron chi connectivity index (χ0n) is 9.53. The molecule has 1 aliphatic carbocycles. The van der Waals surface area contributed by atoms with Crippen molar-refractivity contribution in [3.8, 4) is 0 Å². The topological polar surface area (TPSA) is 55.1 Å². The summed E-state index contributed by atoms with van der Waals surface area (Å²) in [4.78, 5) is 13.1. The van der Waals surface area contributed by atoms with Crippen molar-refractivity contribution in [2.45, 2.75) is 38.8 Å². The summed E-state index contributed by atoms with van der Waals surface area (Å²) in [6.45, 7) is 2.73. The molecular weight excluding hydrogens is 220 g/mol. The van der Waals surface area contributed by atoms with Gasteiger partial charge in [-0.2, -0.15) is 0 Å². The maximum Gasteiger partial charge on any atom is 0.223 e. The number of carbonyl (C=O) groups is 1. The molecule has 0 bridgehead atoms. The molecule has 88 valence electrons. The van der Waals surface area contributed by atoms with Gasteiger partial charge in [-0.15, -0.1) is 11.3 Å². The monoisotopic (exact) mass is 238 g/mol. The minimum absolute atomic E-state index is 0.135. The summed E-state index contributed by atoms with van der Waals surface area (Å²) in [6.07, 6.45) is 2.77. The highest BCUT2D eigenvalue weighted by molar-refractivity contribution is 7.10. The number of carbonyl (C=O) groups excluding carboxylic acids is 1. The molecule has 3 nitrogen and oxygen atoms in total. The quantitative estimate of drug-likeness (QED) is 0.843. The number of nitrogens with two attached hydrogens (primary N) is 1. The number of nitrogens with one attached hydrogen (secondary N) is 1. The predicted octanol–water partition coefficient (Wildman–Crippen LogP) is 1.80. The van der Waals surface area contributed by atoms with E-state index in [9.17, 15) is 4.79 Å². The normalized spacial score (nSPS) is 24.6. The third-order valence-corrected chi connectivity index (χ3v) is 4.26. The Balaban J connectivity index is 1.82. The summed E-state index contributed by atoms with van der Waals surface area (Å²) < 4.78 is 0. The molecule has 1 aromatic rings. The summed E-state index contributed by atoms with van der Waals surface area (Å²) >= 11 is 1.70. The minimum atomic E-state index is 0.135. The molecular formula is C12H18N2OS. The van der Waals surface area contributed by atoms with Gasteiger partial charge in [0.05, 0.1) is 6.54 Å². The molecule has 4 heteroatoms. The van der Waals surface area contributed by atoms with Crippen LogP contribution < -0.4 is 11.1 Å². The van der Waals surface area contributed by atoms with E-state index in [0.717, 1.165) is 19.3 Å². The van der Waals surface area contributed by atoms with Gasteiger partial charge in [0, 0.05) is 16.8 Å². The van der Waals surface area contributed by atoms with Crippen molar-refractivity contribution in [2.24, 2.45) is 11.7 Å². The van der Waals surface area contributed by atoms with E-state index in [1.54, 1.807) is 11.3 Å². The van der Waals surface area contributed by atoms with Crippen LogP contribution in [0.4, 0.5) is 0 Å². The lowest BCUT2D eigenvalue weighted by Gasteiger charge is -2.10. The van der Waals surface area contributed by atoms with Gasteiger partial charge >= 0.3 is 0 Å². The molecule has 1 aliphatic rings. The first kappa shape index (κ1) is 11.6. The SMILES string of the molecule is Cc1ccsc1CNC(=O)C1CCC(N)C1. The van der Waals surface area contributed by atoms with Gasteiger partial charge in [0.15, 0.2) is 0 Å². The van der Waals surface area contributed by atoms with Gasteiger partial charge in [0.2, 0.25) is 5.91 Å². The van der Waals surface area contributed by atoms with Gasteiger partial charge in [-0.3, -0.25) is 4.79 Å². The highest BCUT2D eigenvalue weighted by Crippen LogP contribution is 2.24. The molecule has 16 heavy (non-hydrogen) atoms. The predicted molar refractivity (Wildman–Crippen MR) is 66.2 cm³/mol. The zero-order valence-corrected chi connectivity index (χ0v) is 10.3. The maximum atomic E-state index is 11.8. The van der Waals surface area contributed by atoms with Crippen molar-refractivity contribution in [1.29, 1.82) is 0 Å². The van der Waals surface area contributed by atoms with Gasteiger partial charge in [0.25, 0.3) is 0 Å². The molecule has 0 spiro atoms. The standard InChI is InChI=1S/C12H18N2OS/c1-8-4-5-16-11(8)7-14-12(15)9-2-3-10(13)6-9/h4-5,9-10H,2-3,6-7,13H2,1H3,(H,14,15). The maximum absolute atomic E-state index is 11.8. The summed E-state index contributed by atoms with van der Waals surface area (Å²) in [6, 6.07) is 2.30. The number of hydrogen-bond donors (Lipinski definition) is 2. The molecule has 2 rings (SSSR count). The van der Waals surface area contributed by atoms with Crippen molar-refractivity contribution in [2.75, 3.05) is 0 Å². The van der Waals surface area contributed by atoms with Gasteiger partial charge in [-0.1, -0.05) is 0 Å². The van der Waals surface area contributed by atoms with E-state index in [1.807, 2.05) is 0 Å². The molecule has 0 saturated heterocycles. The average molecular weight is 238 g/mol. The Hall–Kier alpha value is -0.870. The van der Waals surface area contributed by atoms with Crippen LogP contribution >= 0.6 is 11.3 Å².